The number of amides is 2. The zero-order chi connectivity index (χ0) is 14.8. The highest BCUT2D eigenvalue weighted by Crippen LogP contribution is 2.24. The van der Waals surface area contributed by atoms with Crippen LogP contribution in [0.5, 0.6) is 0 Å². The van der Waals surface area contributed by atoms with Gasteiger partial charge in [-0.15, -0.1) is 0 Å². The molecule has 1 atom stereocenters. The van der Waals surface area contributed by atoms with E-state index in [0.29, 0.717) is 13.0 Å². The van der Waals surface area contributed by atoms with E-state index in [2.05, 4.69) is 5.32 Å². The van der Waals surface area contributed by atoms with Crippen LogP contribution in [0.25, 0.3) is 0 Å². The first-order chi connectivity index (χ1) is 10.1. The van der Waals surface area contributed by atoms with Gasteiger partial charge < -0.3 is 15.3 Å². The molecule has 1 saturated carbocycles. The van der Waals surface area contributed by atoms with Crippen molar-refractivity contribution in [2.75, 3.05) is 0 Å². The van der Waals surface area contributed by atoms with Crippen molar-refractivity contribution in [1.29, 1.82) is 0 Å². The van der Waals surface area contributed by atoms with Gasteiger partial charge in [0.1, 0.15) is 6.04 Å². The van der Waals surface area contributed by atoms with E-state index < -0.39 is 12.0 Å². The minimum atomic E-state index is -0.939. The van der Waals surface area contributed by atoms with Crippen LogP contribution in [-0.2, 0) is 17.8 Å². The average molecular weight is 288 g/mol. The van der Waals surface area contributed by atoms with Crippen LogP contribution in [0.15, 0.2) is 24.3 Å². The molecule has 5 nitrogen and oxygen atoms in total. The number of nitrogens with zero attached hydrogens (tertiary/aromatic N) is 1. The van der Waals surface area contributed by atoms with Crippen molar-refractivity contribution in [3.05, 3.63) is 35.4 Å². The monoisotopic (exact) mass is 288 g/mol. The van der Waals surface area contributed by atoms with E-state index >= 15 is 0 Å². The standard InChI is InChI=1S/C16H20N2O3/c19-15(20)14-9-11-5-1-2-6-12(11)10-18(14)16(21)17-13-7-3-4-8-13/h1-2,5-6,13-14H,3-4,7-10H2,(H,17,21)(H,19,20). The molecule has 2 amide bonds. The lowest BCUT2D eigenvalue weighted by Crippen LogP contribution is -2.53. The van der Waals surface area contributed by atoms with E-state index in [1.807, 2.05) is 24.3 Å². The number of urea groups is 1. The summed E-state index contributed by atoms with van der Waals surface area (Å²) in [5.74, 6) is -0.939. The number of aliphatic carboxylic acids is 1. The van der Waals surface area contributed by atoms with Crippen molar-refractivity contribution < 1.29 is 14.7 Å². The fourth-order valence-electron chi connectivity index (χ4n) is 3.28. The molecule has 1 aliphatic carbocycles. The van der Waals surface area contributed by atoms with Gasteiger partial charge in [-0.05, 0) is 24.0 Å². The Hall–Kier alpha value is -2.04. The summed E-state index contributed by atoms with van der Waals surface area (Å²) in [4.78, 5) is 25.4. The van der Waals surface area contributed by atoms with Crippen LogP contribution in [0, 0.1) is 0 Å². The third kappa shape index (κ3) is 2.86. The molecule has 2 aliphatic rings. The summed E-state index contributed by atoms with van der Waals surface area (Å²) in [6.45, 7) is 0.367. The second-order valence-electron chi connectivity index (χ2n) is 5.89. The second kappa shape index (κ2) is 5.76. The first kappa shape index (κ1) is 13.9. The molecule has 0 saturated heterocycles. The topological polar surface area (TPSA) is 69.6 Å². The van der Waals surface area contributed by atoms with Gasteiger partial charge >= 0.3 is 12.0 Å². The number of rotatable bonds is 2. The van der Waals surface area contributed by atoms with Gasteiger partial charge in [-0.25, -0.2) is 9.59 Å². The van der Waals surface area contributed by atoms with E-state index in [1.54, 1.807) is 0 Å². The van der Waals surface area contributed by atoms with E-state index in [-0.39, 0.29) is 12.1 Å². The van der Waals surface area contributed by atoms with Gasteiger partial charge in [-0.2, -0.15) is 0 Å². The fourth-order valence-corrected chi connectivity index (χ4v) is 3.28. The van der Waals surface area contributed by atoms with Crippen molar-refractivity contribution in [1.82, 2.24) is 10.2 Å². The fraction of sp³-hybridized carbons (Fsp3) is 0.500. The maximum Gasteiger partial charge on any atom is 0.326 e. The van der Waals surface area contributed by atoms with Gasteiger partial charge in [0.15, 0.2) is 0 Å². The van der Waals surface area contributed by atoms with Gasteiger partial charge in [0.2, 0.25) is 0 Å². The molecule has 5 heteroatoms. The van der Waals surface area contributed by atoms with Crippen molar-refractivity contribution in [2.24, 2.45) is 0 Å². The van der Waals surface area contributed by atoms with Crippen LogP contribution in [0.4, 0.5) is 4.79 Å². The molecule has 0 aromatic heterocycles. The predicted octanol–water partition coefficient (Wildman–Crippen LogP) is 2.15. The van der Waals surface area contributed by atoms with E-state index in [9.17, 15) is 14.7 Å². The highest BCUT2D eigenvalue weighted by molar-refractivity contribution is 5.83. The average Bonchev–Trinajstić information content (AvgIpc) is 2.98. The molecule has 1 fully saturated rings. The van der Waals surface area contributed by atoms with Crippen LogP contribution in [-0.4, -0.2) is 34.1 Å². The zero-order valence-corrected chi connectivity index (χ0v) is 11.9. The van der Waals surface area contributed by atoms with Crippen LogP contribution >= 0.6 is 0 Å². The Morgan fingerprint density at radius 1 is 1.14 bits per heavy atom. The molecule has 1 unspecified atom stereocenters. The summed E-state index contributed by atoms with van der Waals surface area (Å²) in [5.41, 5.74) is 2.06. The first-order valence-electron chi connectivity index (χ1n) is 7.52. The summed E-state index contributed by atoms with van der Waals surface area (Å²) in [5, 5.41) is 12.4. The molecule has 2 N–H and O–H groups in total. The zero-order valence-electron chi connectivity index (χ0n) is 11.9. The van der Waals surface area contributed by atoms with Gasteiger partial charge in [0.25, 0.3) is 0 Å². The van der Waals surface area contributed by atoms with Crippen molar-refractivity contribution in [3.8, 4) is 0 Å². The minimum Gasteiger partial charge on any atom is -0.480 e. The molecule has 1 heterocycles. The number of carboxylic acid groups (broad SMARTS) is 1. The molecule has 1 aliphatic heterocycles. The Labute approximate surface area is 123 Å². The number of hydrogen-bond donors (Lipinski definition) is 2. The summed E-state index contributed by atoms with van der Waals surface area (Å²) in [6, 6.07) is 6.91. The normalized spacial score (nSPS) is 21.9. The smallest absolute Gasteiger partial charge is 0.326 e. The molecule has 21 heavy (non-hydrogen) atoms. The summed E-state index contributed by atoms with van der Waals surface area (Å²) in [6.07, 6.45) is 4.64. The molecule has 1 aromatic carbocycles. The number of benzene rings is 1. The lowest BCUT2D eigenvalue weighted by atomic mass is 9.94. The van der Waals surface area contributed by atoms with Gasteiger partial charge in [0, 0.05) is 19.0 Å². The van der Waals surface area contributed by atoms with Crippen molar-refractivity contribution in [2.45, 2.75) is 50.7 Å². The third-order valence-corrected chi connectivity index (χ3v) is 4.48. The van der Waals surface area contributed by atoms with Crippen molar-refractivity contribution >= 4 is 12.0 Å². The quantitative estimate of drug-likeness (QED) is 0.876. The summed E-state index contributed by atoms with van der Waals surface area (Å²) < 4.78 is 0. The maximum atomic E-state index is 12.4. The maximum absolute atomic E-state index is 12.4. The SMILES string of the molecule is O=C(O)C1Cc2ccccc2CN1C(=O)NC1CCCC1. The number of hydrogen-bond acceptors (Lipinski definition) is 2. The number of carboxylic acids is 1. The second-order valence-corrected chi connectivity index (χ2v) is 5.89. The van der Waals surface area contributed by atoms with Crippen LogP contribution in [0.1, 0.15) is 36.8 Å². The largest absolute Gasteiger partial charge is 0.480 e. The molecular formula is C16H20N2O3. The Kier molecular flexibility index (Phi) is 3.82. The highest BCUT2D eigenvalue weighted by Gasteiger charge is 2.35. The summed E-state index contributed by atoms with van der Waals surface area (Å²) >= 11 is 0. The minimum absolute atomic E-state index is 0.198. The Morgan fingerprint density at radius 3 is 2.48 bits per heavy atom. The molecule has 0 spiro atoms. The number of nitrogens with one attached hydrogen (secondary N) is 1. The number of fused-ring (bicyclic) bond motifs is 1. The molecule has 1 aromatic rings. The lowest BCUT2D eigenvalue weighted by molar-refractivity contribution is -0.142. The number of carbonyl (C=O) groups excluding carboxylic acids is 1. The summed E-state index contributed by atoms with van der Waals surface area (Å²) in [7, 11) is 0. The molecule has 0 bridgehead atoms. The Balaban J connectivity index is 1.78. The van der Waals surface area contributed by atoms with Gasteiger partial charge in [-0.3, -0.25) is 0 Å². The van der Waals surface area contributed by atoms with E-state index in [4.69, 9.17) is 0 Å². The van der Waals surface area contributed by atoms with Crippen molar-refractivity contribution in [3.63, 3.8) is 0 Å². The van der Waals surface area contributed by atoms with Crippen LogP contribution < -0.4 is 5.32 Å². The third-order valence-electron chi connectivity index (χ3n) is 4.48. The van der Waals surface area contributed by atoms with Crippen LogP contribution in [0.2, 0.25) is 0 Å². The molecule has 112 valence electrons. The lowest BCUT2D eigenvalue weighted by Gasteiger charge is -2.35. The molecular weight excluding hydrogens is 268 g/mol. The number of carbonyl (C=O) groups is 2. The molecule has 3 rings (SSSR count). The van der Waals surface area contributed by atoms with Gasteiger partial charge in [0.05, 0.1) is 0 Å². The van der Waals surface area contributed by atoms with E-state index in [0.717, 1.165) is 36.8 Å². The Morgan fingerprint density at radius 2 is 1.81 bits per heavy atom. The predicted molar refractivity (Wildman–Crippen MR) is 77.9 cm³/mol. The van der Waals surface area contributed by atoms with Crippen LogP contribution in [0.3, 0.4) is 0 Å². The van der Waals surface area contributed by atoms with Gasteiger partial charge in [-0.1, -0.05) is 37.1 Å². The first-order valence-corrected chi connectivity index (χ1v) is 7.52. The Bertz CT molecular complexity index is 552. The van der Waals surface area contributed by atoms with E-state index in [1.165, 1.54) is 4.90 Å². The molecule has 0 radical (unpaired) electrons. The highest BCUT2D eigenvalue weighted by atomic mass is 16.4.